The lowest BCUT2D eigenvalue weighted by Gasteiger charge is -2.21. The third kappa shape index (κ3) is 4.80. The molecule has 0 aliphatic carbocycles. The van der Waals surface area contributed by atoms with Gasteiger partial charge in [0.15, 0.2) is 5.13 Å². The molecule has 0 saturated heterocycles. The number of carbonyl (C=O) groups excluding carboxylic acids is 1. The van der Waals surface area contributed by atoms with E-state index in [9.17, 15) is 4.79 Å². The highest BCUT2D eigenvalue weighted by molar-refractivity contribution is 7.14. The van der Waals surface area contributed by atoms with Gasteiger partial charge in [0, 0.05) is 36.8 Å². The largest absolute Gasteiger partial charge is 0.497 e. The minimum atomic E-state index is -0.0669. The van der Waals surface area contributed by atoms with Crippen molar-refractivity contribution in [2.45, 2.75) is 13.3 Å². The molecule has 0 saturated carbocycles. The number of methoxy groups -OCH3 is 3. The van der Waals surface area contributed by atoms with Gasteiger partial charge in [-0.15, -0.1) is 11.3 Å². The van der Waals surface area contributed by atoms with E-state index >= 15 is 0 Å². The van der Waals surface area contributed by atoms with E-state index < -0.39 is 0 Å². The average Bonchev–Trinajstić information content (AvgIpc) is 3.26. The number of anilines is 1. The molecular formula is C23H26N2O4S. The zero-order chi connectivity index (χ0) is 21.5. The first-order valence-electron chi connectivity index (χ1n) is 9.63. The predicted molar refractivity (Wildman–Crippen MR) is 120 cm³/mol. The summed E-state index contributed by atoms with van der Waals surface area (Å²) in [7, 11) is 4.90. The summed E-state index contributed by atoms with van der Waals surface area (Å²) in [5.41, 5.74) is 3.16. The van der Waals surface area contributed by atoms with Crippen LogP contribution >= 0.6 is 11.3 Å². The van der Waals surface area contributed by atoms with Gasteiger partial charge in [-0.3, -0.25) is 9.69 Å². The van der Waals surface area contributed by atoms with Crippen LogP contribution in [0.4, 0.5) is 5.13 Å². The maximum Gasteiger partial charge on any atom is 0.260 e. The second-order valence-corrected chi connectivity index (χ2v) is 7.54. The number of hydrogen-bond acceptors (Lipinski definition) is 6. The normalized spacial score (nSPS) is 10.7. The van der Waals surface area contributed by atoms with E-state index in [1.807, 2.05) is 54.8 Å². The molecule has 0 N–H and O–H groups in total. The smallest absolute Gasteiger partial charge is 0.260 e. The number of nitrogens with zero attached hydrogens (tertiary/aromatic N) is 2. The Balaban J connectivity index is 1.97. The first-order chi connectivity index (χ1) is 14.6. The average molecular weight is 427 g/mol. The van der Waals surface area contributed by atoms with Crippen LogP contribution in [0.2, 0.25) is 0 Å². The fraction of sp³-hybridized carbons (Fsp3) is 0.304. The van der Waals surface area contributed by atoms with Gasteiger partial charge in [-0.25, -0.2) is 4.98 Å². The molecule has 0 bridgehead atoms. The molecule has 30 heavy (non-hydrogen) atoms. The molecule has 0 fully saturated rings. The van der Waals surface area contributed by atoms with E-state index in [-0.39, 0.29) is 5.91 Å². The zero-order valence-corrected chi connectivity index (χ0v) is 18.5. The van der Waals surface area contributed by atoms with Crippen molar-refractivity contribution in [1.82, 2.24) is 4.98 Å². The van der Waals surface area contributed by atoms with Crippen molar-refractivity contribution >= 4 is 22.4 Å². The van der Waals surface area contributed by atoms with E-state index in [4.69, 9.17) is 19.2 Å². The standard InChI is InChI=1S/C23H26N2O4S/c1-16-8-5-6-9-18(16)22(26)25(12-7-13-27-2)23-24-20(15-30-23)19-14-17(28-3)10-11-21(19)29-4/h5-6,8-11,14-15H,7,12-13H2,1-4H3. The summed E-state index contributed by atoms with van der Waals surface area (Å²) < 4.78 is 16.0. The van der Waals surface area contributed by atoms with Gasteiger partial charge in [-0.2, -0.15) is 0 Å². The Labute approximate surface area is 181 Å². The van der Waals surface area contributed by atoms with Gasteiger partial charge in [0.1, 0.15) is 11.5 Å². The first-order valence-corrected chi connectivity index (χ1v) is 10.5. The molecule has 1 heterocycles. The van der Waals surface area contributed by atoms with Crippen LogP contribution in [0.15, 0.2) is 47.8 Å². The Hall–Kier alpha value is -2.90. The number of amides is 1. The van der Waals surface area contributed by atoms with Crippen molar-refractivity contribution in [3.8, 4) is 22.8 Å². The molecule has 158 valence electrons. The fourth-order valence-corrected chi connectivity index (χ4v) is 3.98. The van der Waals surface area contributed by atoms with E-state index in [0.717, 1.165) is 16.8 Å². The molecule has 7 heteroatoms. The van der Waals surface area contributed by atoms with Gasteiger partial charge in [-0.05, 0) is 43.2 Å². The van der Waals surface area contributed by atoms with Crippen molar-refractivity contribution in [3.63, 3.8) is 0 Å². The summed E-state index contributed by atoms with van der Waals surface area (Å²) in [6, 6.07) is 13.2. The molecule has 6 nitrogen and oxygen atoms in total. The summed E-state index contributed by atoms with van der Waals surface area (Å²) in [5.74, 6) is 1.35. The van der Waals surface area contributed by atoms with Crippen LogP contribution in [0.1, 0.15) is 22.3 Å². The molecule has 1 amide bonds. The summed E-state index contributed by atoms with van der Waals surface area (Å²) in [6.07, 6.45) is 0.714. The van der Waals surface area contributed by atoms with Gasteiger partial charge in [0.05, 0.1) is 19.9 Å². The summed E-state index contributed by atoms with van der Waals surface area (Å²) in [6.45, 7) is 3.03. The number of thiazole rings is 1. The van der Waals surface area contributed by atoms with Gasteiger partial charge in [-0.1, -0.05) is 18.2 Å². The lowest BCUT2D eigenvalue weighted by Crippen LogP contribution is -2.33. The van der Waals surface area contributed by atoms with Crippen molar-refractivity contribution < 1.29 is 19.0 Å². The number of benzene rings is 2. The van der Waals surface area contributed by atoms with Crippen LogP contribution in [0.5, 0.6) is 11.5 Å². The molecule has 0 aliphatic rings. The second-order valence-electron chi connectivity index (χ2n) is 6.70. The quantitative estimate of drug-likeness (QED) is 0.459. The van der Waals surface area contributed by atoms with Crippen LogP contribution in [0, 0.1) is 6.92 Å². The number of aromatic nitrogens is 1. The van der Waals surface area contributed by atoms with Gasteiger partial charge in [0.2, 0.25) is 0 Å². The summed E-state index contributed by atoms with van der Waals surface area (Å²) in [4.78, 5) is 19.8. The lowest BCUT2D eigenvalue weighted by atomic mass is 10.1. The predicted octanol–water partition coefficient (Wildman–Crippen LogP) is 4.82. The topological polar surface area (TPSA) is 60.9 Å². The monoisotopic (exact) mass is 426 g/mol. The fourth-order valence-electron chi connectivity index (χ4n) is 3.14. The van der Waals surface area contributed by atoms with Gasteiger partial charge >= 0.3 is 0 Å². The van der Waals surface area contributed by atoms with Gasteiger partial charge < -0.3 is 14.2 Å². The third-order valence-electron chi connectivity index (χ3n) is 4.76. The Morgan fingerprint density at radius 1 is 1.10 bits per heavy atom. The number of hydrogen-bond donors (Lipinski definition) is 0. The highest BCUT2D eigenvalue weighted by Gasteiger charge is 2.23. The number of ether oxygens (including phenoxy) is 3. The summed E-state index contributed by atoms with van der Waals surface area (Å²) in [5, 5.41) is 2.57. The second kappa shape index (κ2) is 10.2. The number of carbonyl (C=O) groups is 1. The molecule has 2 aromatic carbocycles. The molecule has 0 spiro atoms. The molecule has 0 atom stereocenters. The molecule has 1 aromatic heterocycles. The molecule has 0 aliphatic heterocycles. The maximum absolute atomic E-state index is 13.3. The van der Waals surface area contributed by atoms with E-state index in [1.165, 1.54) is 11.3 Å². The van der Waals surface area contributed by atoms with E-state index in [1.54, 1.807) is 26.2 Å². The van der Waals surface area contributed by atoms with Crippen molar-refractivity contribution in [3.05, 3.63) is 59.0 Å². The molecule has 3 rings (SSSR count). The highest BCUT2D eigenvalue weighted by atomic mass is 32.1. The van der Waals surface area contributed by atoms with Crippen molar-refractivity contribution in [2.24, 2.45) is 0 Å². The first kappa shape index (κ1) is 21.8. The lowest BCUT2D eigenvalue weighted by molar-refractivity contribution is 0.0983. The maximum atomic E-state index is 13.3. The van der Waals surface area contributed by atoms with Crippen molar-refractivity contribution in [1.29, 1.82) is 0 Å². The van der Waals surface area contributed by atoms with Crippen LogP contribution in [0.3, 0.4) is 0 Å². The number of rotatable bonds is 9. The molecule has 0 unspecified atom stereocenters. The molecular weight excluding hydrogens is 400 g/mol. The summed E-state index contributed by atoms with van der Waals surface area (Å²) >= 11 is 1.43. The Bertz CT molecular complexity index is 1000. The van der Waals surface area contributed by atoms with Gasteiger partial charge in [0.25, 0.3) is 5.91 Å². The Morgan fingerprint density at radius 2 is 1.90 bits per heavy atom. The Kier molecular flexibility index (Phi) is 7.43. The molecule has 0 radical (unpaired) electrons. The van der Waals surface area contributed by atoms with Crippen LogP contribution in [-0.2, 0) is 4.74 Å². The Morgan fingerprint density at radius 3 is 2.60 bits per heavy atom. The third-order valence-corrected chi connectivity index (χ3v) is 5.62. The highest BCUT2D eigenvalue weighted by Crippen LogP contribution is 2.36. The minimum Gasteiger partial charge on any atom is -0.497 e. The van der Waals surface area contributed by atoms with E-state index in [0.29, 0.717) is 41.8 Å². The van der Waals surface area contributed by atoms with Crippen LogP contribution in [0.25, 0.3) is 11.3 Å². The van der Waals surface area contributed by atoms with Crippen LogP contribution < -0.4 is 14.4 Å². The minimum absolute atomic E-state index is 0.0669. The molecule has 3 aromatic rings. The zero-order valence-electron chi connectivity index (χ0n) is 17.7. The SMILES string of the molecule is COCCCN(C(=O)c1ccccc1C)c1nc(-c2cc(OC)ccc2OC)cs1. The van der Waals surface area contributed by atoms with Crippen LogP contribution in [-0.4, -0.2) is 45.4 Å². The number of aryl methyl sites for hydroxylation is 1. The van der Waals surface area contributed by atoms with E-state index in [2.05, 4.69) is 0 Å². The van der Waals surface area contributed by atoms with Crippen molar-refractivity contribution in [2.75, 3.05) is 39.4 Å².